The molecule has 2 N–H and O–H groups in total. The third-order valence-corrected chi connectivity index (χ3v) is 4.01. The van der Waals surface area contributed by atoms with E-state index in [2.05, 4.69) is 0 Å². The molecule has 0 aliphatic heterocycles. The van der Waals surface area contributed by atoms with Gasteiger partial charge in [0.25, 0.3) is 0 Å². The topological polar surface area (TPSA) is 40.5 Å². The van der Waals surface area contributed by atoms with Crippen LogP contribution in [0.3, 0.4) is 0 Å². The molecule has 0 aromatic heterocycles. The highest BCUT2D eigenvalue weighted by atomic mass is 16.3. The van der Waals surface area contributed by atoms with Gasteiger partial charge in [-0.1, -0.05) is 7.43 Å². The fourth-order valence-electron chi connectivity index (χ4n) is 4.06. The van der Waals surface area contributed by atoms with Gasteiger partial charge in [0.2, 0.25) is 0 Å². The highest BCUT2D eigenvalue weighted by Gasteiger charge is 2.49. The van der Waals surface area contributed by atoms with Gasteiger partial charge in [0, 0.05) is 7.11 Å². The zero-order chi connectivity index (χ0) is 9.47. The highest BCUT2D eigenvalue weighted by molar-refractivity contribution is 5.01. The average molecular weight is 200 g/mol. The van der Waals surface area contributed by atoms with Crippen LogP contribution in [0.1, 0.15) is 46.0 Å². The van der Waals surface area contributed by atoms with E-state index in [0.29, 0.717) is 0 Å². The van der Waals surface area contributed by atoms with Crippen molar-refractivity contribution >= 4 is 0 Å². The third-order valence-electron chi connectivity index (χ3n) is 4.01. The van der Waals surface area contributed by atoms with Crippen molar-refractivity contribution in [1.82, 2.24) is 0 Å². The molecule has 4 fully saturated rings. The van der Waals surface area contributed by atoms with E-state index in [1.54, 1.807) is 0 Å². The molecule has 4 bridgehead atoms. The maximum Gasteiger partial charge on any atom is 0.0655 e. The highest BCUT2D eigenvalue weighted by Crippen LogP contribution is 2.55. The van der Waals surface area contributed by atoms with Gasteiger partial charge in [0.1, 0.15) is 0 Å². The van der Waals surface area contributed by atoms with Gasteiger partial charge in [0.15, 0.2) is 0 Å². The molecule has 4 aliphatic carbocycles. The van der Waals surface area contributed by atoms with E-state index in [4.69, 9.17) is 5.11 Å². The second kappa shape index (κ2) is 4.19. The summed E-state index contributed by atoms with van der Waals surface area (Å²) in [6.45, 7) is 0. The van der Waals surface area contributed by atoms with Crippen LogP contribution in [0.25, 0.3) is 0 Å². The average Bonchev–Trinajstić information content (AvgIpc) is 2.02. The fourth-order valence-corrected chi connectivity index (χ4v) is 4.06. The fraction of sp³-hybridized carbons (Fsp3) is 1.00. The van der Waals surface area contributed by atoms with Crippen LogP contribution in [0.5, 0.6) is 0 Å². The molecule has 0 radical (unpaired) electrons. The molecule has 0 unspecified atom stereocenters. The van der Waals surface area contributed by atoms with Gasteiger partial charge in [-0.15, -0.1) is 0 Å². The van der Waals surface area contributed by atoms with Crippen LogP contribution in [0.2, 0.25) is 0 Å². The first-order valence-corrected chi connectivity index (χ1v) is 5.41. The first kappa shape index (κ1) is 12.0. The lowest BCUT2D eigenvalue weighted by molar-refractivity contribution is -0.124. The van der Waals surface area contributed by atoms with E-state index in [9.17, 15) is 5.11 Å². The zero-order valence-corrected chi connectivity index (χ0v) is 8.37. The first-order chi connectivity index (χ1) is 6.23. The molecule has 0 aromatic carbocycles. The predicted molar refractivity (Wildman–Crippen MR) is 58.0 cm³/mol. The molecule has 0 atom stereocenters. The second-order valence-corrected chi connectivity index (χ2v) is 5.14. The van der Waals surface area contributed by atoms with Gasteiger partial charge >= 0.3 is 0 Å². The summed E-state index contributed by atoms with van der Waals surface area (Å²) in [7, 11) is 1.00. The minimum atomic E-state index is -0.200. The Hall–Kier alpha value is -0.0800. The maximum atomic E-state index is 10.1. The van der Waals surface area contributed by atoms with Crippen LogP contribution in [-0.4, -0.2) is 22.9 Å². The normalized spacial score (nSPS) is 47.8. The minimum Gasteiger partial charge on any atom is -0.400 e. The number of hydrogen-bond acceptors (Lipinski definition) is 2. The van der Waals surface area contributed by atoms with E-state index in [1.807, 2.05) is 0 Å². The number of hydrogen-bond donors (Lipinski definition) is 2. The molecule has 4 saturated carbocycles. The van der Waals surface area contributed by atoms with Crippen LogP contribution >= 0.6 is 0 Å². The van der Waals surface area contributed by atoms with Gasteiger partial charge < -0.3 is 10.2 Å². The summed E-state index contributed by atoms with van der Waals surface area (Å²) in [6.07, 6.45) is 7.66. The standard InChI is InChI=1S/C10H16O.CH4O.CH4/c11-10-4-7-1-8(5-10)3-9(2-7)6-10;1-2;/h7-9,11H,1-6H2;2H,1H3;1H4. The van der Waals surface area contributed by atoms with E-state index < -0.39 is 0 Å². The van der Waals surface area contributed by atoms with Crippen molar-refractivity contribution < 1.29 is 10.2 Å². The van der Waals surface area contributed by atoms with Crippen molar-refractivity contribution in [3.05, 3.63) is 0 Å². The number of aliphatic hydroxyl groups is 2. The summed E-state index contributed by atoms with van der Waals surface area (Å²) < 4.78 is 0. The molecule has 0 aromatic rings. The molecule has 4 rings (SSSR count). The summed E-state index contributed by atoms with van der Waals surface area (Å²) in [5.74, 6) is 2.68. The summed E-state index contributed by atoms with van der Waals surface area (Å²) >= 11 is 0. The van der Waals surface area contributed by atoms with Crippen LogP contribution in [0, 0.1) is 17.8 Å². The van der Waals surface area contributed by atoms with Crippen molar-refractivity contribution in [3.63, 3.8) is 0 Å². The molecule has 0 amide bonds. The molecule has 0 heterocycles. The lowest BCUT2D eigenvalue weighted by Gasteiger charge is -2.54. The zero-order valence-electron chi connectivity index (χ0n) is 8.37. The molecule has 2 heteroatoms. The van der Waals surface area contributed by atoms with Crippen LogP contribution < -0.4 is 0 Å². The van der Waals surface area contributed by atoms with E-state index in [1.165, 1.54) is 19.3 Å². The summed E-state index contributed by atoms with van der Waals surface area (Å²) in [6, 6.07) is 0. The lowest BCUT2D eigenvalue weighted by atomic mass is 9.54. The number of rotatable bonds is 0. The molecule has 4 aliphatic rings. The van der Waals surface area contributed by atoms with E-state index >= 15 is 0 Å². The van der Waals surface area contributed by atoms with Crippen molar-refractivity contribution in [1.29, 1.82) is 0 Å². The minimum absolute atomic E-state index is 0. The predicted octanol–water partition coefficient (Wildman–Crippen LogP) is 2.19. The molecular weight excluding hydrogens is 176 g/mol. The Morgan fingerprint density at radius 2 is 1.14 bits per heavy atom. The van der Waals surface area contributed by atoms with Gasteiger partial charge in [-0.05, 0) is 56.3 Å². The third kappa shape index (κ3) is 1.96. The molecule has 0 saturated heterocycles. The van der Waals surface area contributed by atoms with Crippen molar-refractivity contribution in [3.8, 4) is 0 Å². The molecule has 14 heavy (non-hydrogen) atoms. The summed E-state index contributed by atoms with van der Waals surface area (Å²) in [5, 5.41) is 17.1. The Morgan fingerprint density at radius 3 is 1.36 bits per heavy atom. The molecule has 0 spiro atoms. The quantitative estimate of drug-likeness (QED) is 0.629. The van der Waals surface area contributed by atoms with Crippen molar-refractivity contribution in [2.45, 2.75) is 51.6 Å². The van der Waals surface area contributed by atoms with Crippen LogP contribution in [0.4, 0.5) is 0 Å². The maximum absolute atomic E-state index is 10.1. The van der Waals surface area contributed by atoms with Gasteiger partial charge in [-0.2, -0.15) is 0 Å². The molecule has 84 valence electrons. The smallest absolute Gasteiger partial charge is 0.0655 e. The van der Waals surface area contributed by atoms with Crippen molar-refractivity contribution in [2.75, 3.05) is 7.11 Å². The SMILES string of the molecule is C.CO.OC12CC3CC(CC(C3)C1)C2. The van der Waals surface area contributed by atoms with Crippen molar-refractivity contribution in [2.24, 2.45) is 17.8 Å². The second-order valence-electron chi connectivity index (χ2n) is 5.14. The van der Waals surface area contributed by atoms with Crippen LogP contribution in [0.15, 0.2) is 0 Å². The summed E-state index contributed by atoms with van der Waals surface area (Å²) in [4.78, 5) is 0. The Kier molecular flexibility index (Phi) is 3.59. The largest absolute Gasteiger partial charge is 0.400 e. The number of aliphatic hydroxyl groups excluding tert-OH is 1. The Labute approximate surface area is 87.3 Å². The van der Waals surface area contributed by atoms with Gasteiger partial charge in [-0.25, -0.2) is 0 Å². The van der Waals surface area contributed by atoms with Crippen LogP contribution in [-0.2, 0) is 0 Å². The lowest BCUT2D eigenvalue weighted by Crippen LogP contribution is -2.50. The Bertz CT molecular complexity index is 153. The monoisotopic (exact) mass is 200 g/mol. The van der Waals surface area contributed by atoms with Gasteiger partial charge in [-0.3, -0.25) is 0 Å². The molecule has 2 nitrogen and oxygen atoms in total. The Morgan fingerprint density at radius 1 is 0.857 bits per heavy atom. The molecular formula is C12H24O2. The van der Waals surface area contributed by atoms with E-state index in [0.717, 1.165) is 44.1 Å². The van der Waals surface area contributed by atoms with E-state index in [-0.39, 0.29) is 13.0 Å². The Balaban J connectivity index is 0.000000309. The first-order valence-electron chi connectivity index (χ1n) is 5.41. The summed E-state index contributed by atoms with van der Waals surface area (Å²) in [5.41, 5.74) is -0.200. The van der Waals surface area contributed by atoms with Gasteiger partial charge in [0.05, 0.1) is 5.60 Å².